The number of halogens is 1. The highest BCUT2D eigenvalue weighted by Crippen LogP contribution is 2.25. The molecule has 52 valence electrons. The summed E-state index contributed by atoms with van der Waals surface area (Å²) in [5.41, 5.74) is 5.49. The zero-order chi connectivity index (χ0) is 6.04. The summed E-state index contributed by atoms with van der Waals surface area (Å²) in [6.07, 6.45) is 9.65. The molecule has 0 aromatic heterocycles. The molecule has 0 unspecified atom stereocenters. The van der Waals surface area contributed by atoms with E-state index in [1.165, 1.54) is 12.8 Å². The van der Waals surface area contributed by atoms with Crippen LogP contribution in [0.1, 0.15) is 25.7 Å². The molecule has 0 spiro atoms. The van der Waals surface area contributed by atoms with Gasteiger partial charge in [0.15, 0.2) is 0 Å². The van der Waals surface area contributed by atoms with Crippen molar-refractivity contribution < 1.29 is 0 Å². The van der Waals surface area contributed by atoms with Crippen molar-refractivity contribution in [3.05, 3.63) is 0 Å². The van der Waals surface area contributed by atoms with Crippen LogP contribution in [-0.4, -0.2) is 5.54 Å². The summed E-state index contributed by atoms with van der Waals surface area (Å²) in [6.45, 7) is 0. The zero-order valence-corrected chi connectivity index (χ0v) is 6.21. The van der Waals surface area contributed by atoms with Crippen molar-refractivity contribution in [1.29, 1.82) is 0 Å². The van der Waals surface area contributed by atoms with E-state index in [0.29, 0.717) is 0 Å². The van der Waals surface area contributed by atoms with Crippen LogP contribution in [0.4, 0.5) is 0 Å². The Morgan fingerprint density at radius 3 is 2.00 bits per heavy atom. The van der Waals surface area contributed by atoms with Gasteiger partial charge in [-0.2, -0.15) is 0 Å². The molecular weight excluding hydrogens is 134 g/mol. The molecule has 2 N–H and O–H groups in total. The summed E-state index contributed by atoms with van der Waals surface area (Å²) in [4.78, 5) is 0. The normalized spacial score (nSPS) is 22.2. The minimum absolute atomic E-state index is 0. The molecule has 0 amide bonds. The Labute approximate surface area is 62.4 Å². The molecule has 0 radical (unpaired) electrons. The first kappa shape index (κ1) is 8.81. The number of hydrogen-bond acceptors (Lipinski definition) is 1. The second-order valence-corrected chi connectivity index (χ2v) is 2.51. The predicted octanol–water partition coefficient (Wildman–Crippen LogP) is 1.31. The first-order valence-electron chi connectivity index (χ1n) is 3.03. The highest BCUT2D eigenvalue weighted by atomic mass is 35.5. The average Bonchev–Trinajstić information content (AvgIpc) is 2.17. The third kappa shape index (κ3) is 1.89. The number of nitrogens with two attached hydrogens (primary N) is 1. The number of terminal acetylenes is 1. The Kier molecular flexibility index (Phi) is 3.03. The van der Waals surface area contributed by atoms with Gasteiger partial charge in [-0.25, -0.2) is 0 Å². The van der Waals surface area contributed by atoms with E-state index in [-0.39, 0.29) is 17.9 Å². The van der Waals surface area contributed by atoms with E-state index in [9.17, 15) is 0 Å². The summed E-state index contributed by atoms with van der Waals surface area (Å²) >= 11 is 0. The number of hydrogen-bond donors (Lipinski definition) is 1. The maximum absolute atomic E-state index is 5.72. The maximum Gasteiger partial charge on any atom is 0.0773 e. The van der Waals surface area contributed by atoms with E-state index in [4.69, 9.17) is 12.2 Å². The molecule has 0 aromatic carbocycles. The molecule has 1 rings (SSSR count). The Balaban J connectivity index is 0.000000640. The molecule has 1 fully saturated rings. The SMILES string of the molecule is C#CC1(N)CCCC1.Cl. The van der Waals surface area contributed by atoms with Gasteiger partial charge in [0, 0.05) is 0 Å². The monoisotopic (exact) mass is 145 g/mol. The fraction of sp³-hybridized carbons (Fsp3) is 0.714. The van der Waals surface area contributed by atoms with Gasteiger partial charge in [0.05, 0.1) is 5.54 Å². The van der Waals surface area contributed by atoms with Crippen LogP contribution < -0.4 is 5.73 Å². The van der Waals surface area contributed by atoms with Crippen molar-refractivity contribution in [2.24, 2.45) is 5.73 Å². The third-order valence-corrected chi connectivity index (χ3v) is 1.78. The standard InChI is InChI=1S/C7H11N.ClH/c1-2-7(8)5-3-4-6-7;/h1H,3-6,8H2;1H. The van der Waals surface area contributed by atoms with Crippen LogP contribution in [0.15, 0.2) is 0 Å². The second kappa shape index (κ2) is 3.10. The highest BCUT2D eigenvalue weighted by molar-refractivity contribution is 5.85. The lowest BCUT2D eigenvalue weighted by atomic mass is 10.0. The van der Waals surface area contributed by atoms with E-state index in [1.54, 1.807) is 0 Å². The fourth-order valence-electron chi connectivity index (χ4n) is 1.15. The largest absolute Gasteiger partial charge is 0.315 e. The van der Waals surface area contributed by atoms with Gasteiger partial charge in [-0.05, 0) is 12.8 Å². The first-order valence-corrected chi connectivity index (χ1v) is 3.03. The highest BCUT2D eigenvalue weighted by Gasteiger charge is 2.25. The van der Waals surface area contributed by atoms with Gasteiger partial charge in [0.1, 0.15) is 0 Å². The van der Waals surface area contributed by atoms with Crippen molar-refractivity contribution in [2.75, 3.05) is 0 Å². The summed E-state index contributed by atoms with van der Waals surface area (Å²) in [6, 6.07) is 0. The summed E-state index contributed by atoms with van der Waals surface area (Å²) in [7, 11) is 0. The van der Waals surface area contributed by atoms with Crippen LogP contribution in [-0.2, 0) is 0 Å². The molecule has 0 saturated heterocycles. The number of rotatable bonds is 0. The Hall–Kier alpha value is -0.190. The topological polar surface area (TPSA) is 26.0 Å². The van der Waals surface area contributed by atoms with Crippen LogP contribution in [0.5, 0.6) is 0 Å². The van der Waals surface area contributed by atoms with Crippen LogP contribution >= 0.6 is 12.4 Å². The van der Waals surface area contributed by atoms with E-state index in [1.807, 2.05) is 0 Å². The average molecular weight is 146 g/mol. The van der Waals surface area contributed by atoms with E-state index >= 15 is 0 Å². The van der Waals surface area contributed by atoms with Gasteiger partial charge in [-0.15, -0.1) is 18.8 Å². The van der Waals surface area contributed by atoms with Crippen molar-refractivity contribution in [3.63, 3.8) is 0 Å². The van der Waals surface area contributed by atoms with Gasteiger partial charge in [-0.1, -0.05) is 18.8 Å². The van der Waals surface area contributed by atoms with Gasteiger partial charge in [0.2, 0.25) is 0 Å². The van der Waals surface area contributed by atoms with Gasteiger partial charge in [-0.3, -0.25) is 0 Å². The maximum atomic E-state index is 5.72. The molecule has 9 heavy (non-hydrogen) atoms. The minimum Gasteiger partial charge on any atom is -0.315 e. The summed E-state index contributed by atoms with van der Waals surface area (Å²) in [5, 5.41) is 0. The van der Waals surface area contributed by atoms with Gasteiger partial charge in [0.25, 0.3) is 0 Å². The van der Waals surface area contributed by atoms with Crippen molar-refractivity contribution in [3.8, 4) is 12.3 Å². The predicted molar refractivity (Wildman–Crippen MR) is 41.5 cm³/mol. The molecule has 1 nitrogen and oxygen atoms in total. The van der Waals surface area contributed by atoms with Crippen molar-refractivity contribution >= 4 is 12.4 Å². The Bertz CT molecular complexity index is 119. The molecule has 0 aromatic rings. The molecule has 0 atom stereocenters. The molecule has 2 heteroatoms. The molecule has 0 aliphatic heterocycles. The molecule has 1 aliphatic rings. The zero-order valence-electron chi connectivity index (χ0n) is 5.39. The first-order chi connectivity index (χ1) is 3.77. The van der Waals surface area contributed by atoms with E-state index in [0.717, 1.165) is 12.8 Å². The van der Waals surface area contributed by atoms with Gasteiger partial charge < -0.3 is 5.73 Å². The Morgan fingerprint density at radius 2 is 1.78 bits per heavy atom. The van der Waals surface area contributed by atoms with Crippen LogP contribution in [0.2, 0.25) is 0 Å². The molecular formula is C7H12ClN. The lowest BCUT2D eigenvalue weighted by Gasteiger charge is -2.13. The summed E-state index contributed by atoms with van der Waals surface area (Å²) in [5.74, 6) is 2.62. The third-order valence-electron chi connectivity index (χ3n) is 1.78. The molecule has 1 saturated carbocycles. The van der Waals surface area contributed by atoms with Crippen molar-refractivity contribution in [2.45, 2.75) is 31.2 Å². The lowest BCUT2D eigenvalue weighted by molar-refractivity contribution is 0.573. The quantitative estimate of drug-likeness (QED) is 0.512. The lowest BCUT2D eigenvalue weighted by Crippen LogP contribution is -2.33. The van der Waals surface area contributed by atoms with Gasteiger partial charge >= 0.3 is 0 Å². The van der Waals surface area contributed by atoms with Crippen LogP contribution in [0.25, 0.3) is 0 Å². The van der Waals surface area contributed by atoms with E-state index < -0.39 is 0 Å². The fourth-order valence-corrected chi connectivity index (χ4v) is 1.15. The van der Waals surface area contributed by atoms with E-state index in [2.05, 4.69) is 5.92 Å². The summed E-state index contributed by atoms with van der Waals surface area (Å²) < 4.78 is 0. The van der Waals surface area contributed by atoms with Crippen LogP contribution in [0.3, 0.4) is 0 Å². The minimum atomic E-state index is -0.236. The Morgan fingerprint density at radius 1 is 1.33 bits per heavy atom. The second-order valence-electron chi connectivity index (χ2n) is 2.51. The molecule has 0 heterocycles. The van der Waals surface area contributed by atoms with Crippen molar-refractivity contribution in [1.82, 2.24) is 0 Å². The smallest absolute Gasteiger partial charge is 0.0773 e. The molecule has 0 bridgehead atoms. The molecule has 1 aliphatic carbocycles. The van der Waals surface area contributed by atoms with Crippen LogP contribution in [0, 0.1) is 12.3 Å².